The van der Waals surface area contributed by atoms with Gasteiger partial charge in [-0.15, -0.1) is 0 Å². The predicted molar refractivity (Wildman–Crippen MR) is 88.5 cm³/mol. The molecule has 21 heavy (non-hydrogen) atoms. The number of nitrogens with zero attached hydrogens (tertiary/aromatic N) is 1. The van der Waals surface area contributed by atoms with E-state index in [0.717, 1.165) is 37.2 Å². The van der Waals surface area contributed by atoms with Gasteiger partial charge in [-0.2, -0.15) is 0 Å². The quantitative estimate of drug-likeness (QED) is 0.918. The largest absolute Gasteiger partial charge is 0.326 e. The molecule has 2 rings (SSSR count). The Kier molecular flexibility index (Phi) is 5.40. The molecule has 0 spiro atoms. The minimum Gasteiger partial charge on any atom is -0.326 e. The lowest BCUT2D eigenvalue weighted by Gasteiger charge is -2.34. The maximum Gasteiger partial charge on any atom is 0.225 e. The van der Waals surface area contributed by atoms with Crippen molar-refractivity contribution in [3.05, 3.63) is 29.3 Å². The van der Waals surface area contributed by atoms with Gasteiger partial charge in [0.15, 0.2) is 0 Å². The number of amides is 1. The Morgan fingerprint density at radius 3 is 2.29 bits per heavy atom. The van der Waals surface area contributed by atoms with E-state index >= 15 is 0 Å². The maximum absolute atomic E-state index is 12.1. The van der Waals surface area contributed by atoms with Crippen molar-refractivity contribution in [2.75, 3.05) is 25.0 Å². The fourth-order valence-corrected chi connectivity index (χ4v) is 3.50. The van der Waals surface area contributed by atoms with Crippen molar-refractivity contribution < 1.29 is 4.79 Å². The molecule has 3 heteroatoms. The molecule has 1 fully saturated rings. The molecule has 1 aromatic carbocycles. The van der Waals surface area contributed by atoms with Gasteiger partial charge in [0.2, 0.25) is 5.91 Å². The van der Waals surface area contributed by atoms with Gasteiger partial charge < -0.3 is 10.2 Å². The van der Waals surface area contributed by atoms with Crippen LogP contribution >= 0.6 is 0 Å². The maximum atomic E-state index is 12.1. The second-order valence-corrected chi connectivity index (χ2v) is 6.88. The third-order valence-electron chi connectivity index (χ3n) is 4.11. The van der Waals surface area contributed by atoms with Crippen LogP contribution in [0, 0.1) is 25.7 Å². The van der Waals surface area contributed by atoms with Crippen LogP contribution in [0.4, 0.5) is 5.69 Å². The molecule has 0 bridgehead atoms. The van der Waals surface area contributed by atoms with Gasteiger partial charge in [0.25, 0.3) is 0 Å². The second-order valence-electron chi connectivity index (χ2n) is 6.88. The van der Waals surface area contributed by atoms with E-state index in [1.54, 1.807) is 0 Å². The van der Waals surface area contributed by atoms with E-state index in [1.807, 2.05) is 12.1 Å². The van der Waals surface area contributed by atoms with Crippen LogP contribution in [-0.4, -0.2) is 30.4 Å². The van der Waals surface area contributed by atoms with Crippen molar-refractivity contribution in [3.63, 3.8) is 0 Å². The van der Waals surface area contributed by atoms with E-state index in [4.69, 9.17) is 0 Å². The average Bonchev–Trinajstić information content (AvgIpc) is 2.34. The summed E-state index contributed by atoms with van der Waals surface area (Å²) in [6.07, 6.45) is 1.89. The second kappa shape index (κ2) is 7.08. The van der Waals surface area contributed by atoms with Crippen LogP contribution in [-0.2, 0) is 4.79 Å². The first-order valence-corrected chi connectivity index (χ1v) is 8.03. The van der Waals surface area contributed by atoms with Crippen LogP contribution in [0.2, 0.25) is 0 Å². The van der Waals surface area contributed by atoms with Crippen molar-refractivity contribution in [2.24, 2.45) is 11.8 Å². The van der Waals surface area contributed by atoms with Crippen LogP contribution in [0.1, 0.15) is 37.8 Å². The molecule has 1 N–H and O–H groups in total. The first kappa shape index (κ1) is 16.0. The number of benzene rings is 1. The summed E-state index contributed by atoms with van der Waals surface area (Å²) in [6, 6.07) is 6.16. The van der Waals surface area contributed by atoms with E-state index in [9.17, 15) is 4.79 Å². The molecule has 116 valence electrons. The molecule has 0 aliphatic carbocycles. The summed E-state index contributed by atoms with van der Waals surface area (Å²) in [7, 11) is 0. The number of rotatable bonds is 4. The summed E-state index contributed by atoms with van der Waals surface area (Å²) in [6.45, 7) is 11.8. The van der Waals surface area contributed by atoms with E-state index in [-0.39, 0.29) is 5.91 Å². The predicted octanol–water partition coefficient (Wildman–Crippen LogP) is 3.61. The summed E-state index contributed by atoms with van der Waals surface area (Å²) in [4.78, 5) is 14.5. The average molecular weight is 288 g/mol. The molecule has 2 atom stereocenters. The highest BCUT2D eigenvalue weighted by molar-refractivity contribution is 5.91. The Labute approximate surface area is 128 Å². The molecule has 3 nitrogen and oxygen atoms in total. The third kappa shape index (κ3) is 5.16. The highest BCUT2D eigenvalue weighted by Gasteiger charge is 2.21. The SMILES string of the molecule is Cc1cc(C)cc(NC(=O)CCN2C[C@H](C)C[C@H](C)C2)c1. The first-order chi connectivity index (χ1) is 9.92. The molecule has 1 aromatic rings. The third-order valence-corrected chi connectivity index (χ3v) is 4.11. The van der Waals surface area contributed by atoms with Crippen molar-refractivity contribution >= 4 is 11.6 Å². The molecule has 0 radical (unpaired) electrons. The van der Waals surface area contributed by atoms with Crippen molar-refractivity contribution in [1.82, 2.24) is 4.90 Å². The normalized spacial score (nSPS) is 23.0. The van der Waals surface area contributed by atoms with Crippen molar-refractivity contribution in [1.29, 1.82) is 0 Å². The fourth-order valence-electron chi connectivity index (χ4n) is 3.50. The number of likely N-dealkylation sites (tertiary alicyclic amines) is 1. The summed E-state index contributed by atoms with van der Waals surface area (Å²) < 4.78 is 0. The smallest absolute Gasteiger partial charge is 0.225 e. The van der Waals surface area contributed by atoms with Crippen molar-refractivity contribution in [3.8, 4) is 0 Å². The summed E-state index contributed by atoms with van der Waals surface area (Å²) in [5, 5.41) is 3.02. The van der Waals surface area contributed by atoms with Gasteiger partial charge in [0.05, 0.1) is 0 Å². The van der Waals surface area contributed by atoms with Gasteiger partial charge in [0.1, 0.15) is 0 Å². The van der Waals surface area contributed by atoms with E-state index in [1.165, 1.54) is 17.5 Å². The molecular weight excluding hydrogens is 260 g/mol. The Hall–Kier alpha value is -1.35. The molecule has 1 amide bonds. The highest BCUT2D eigenvalue weighted by atomic mass is 16.1. The lowest BCUT2D eigenvalue weighted by Crippen LogP contribution is -2.40. The first-order valence-electron chi connectivity index (χ1n) is 8.03. The fraction of sp³-hybridized carbons (Fsp3) is 0.611. The molecule has 1 heterocycles. The van der Waals surface area contributed by atoms with E-state index in [2.05, 4.69) is 44.0 Å². The van der Waals surface area contributed by atoms with Gasteiger partial charge in [-0.25, -0.2) is 0 Å². The molecule has 0 saturated carbocycles. The lowest BCUT2D eigenvalue weighted by molar-refractivity contribution is -0.116. The van der Waals surface area contributed by atoms with Gasteiger partial charge in [-0.1, -0.05) is 19.9 Å². The number of piperidine rings is 1. The van der Waals surface area contributed by atoms with E-state index in [0.29, 0.717) is 6.42 Å². The van der Waals surface area contributed by atoms with Gasteiger partial charge >= 0.3 is 0 Å². The molecule has 0 aromatic heterocycles. The van der Waals surface area contributed by atoms with Crippen LogP contribution < -0.4 is 5.32 Å². The Balaban J connectivity index is 1.82. The molecule has 1 saturated heterocycles. The van der Waals surface area contributed by atoms with Gasteiger partial charge in [-0.05, 0) is 55.4 Å². The van der Waals surface area contributed by atoms with Gasteiger partial charge in [0, 0.05) is 31.7 Å². The minimum atomic E-state index is 0.117. The molecule has 1 aliphatic heterocycles. The number of hydrogen-bond donors (Lipinski definition) is 1. The number of carbonyl (C=O) groups is 1. The number of hydrogen-bond acceptors (Lipinski definition) is 2. The van der Waals surface area contributed by atoms with Crippen LogP contribution in [0.5, 0.6) is 0 Å². The van der Waals surface area contributed by atoms with E-state index < -0.39 is 0 Å². The summed E-state index contributed by atoms with van der Waals surface area (Å²) in [5.74, 6) is 1.61. The zero-order valence-electron chi connectivity index (χ0n) is 13.8. The van der Waals surface area contributed by atoms with Crippen LogP contribution in [0.3, 0.4) is 0 Å². The summed E-state index contributed by atoms with van der Waals surface area (Å²) >= 11 is 0. The number of anilines is 1. The number of aryl methyl sites for hydroxylation is 2. The topological polar surface area (TPSA) is 32.3 Å². The number of carbonyl (C=O) groups excluding carboxylic acids is 1. The lowest BCUT2D eigenvalue weighted by atomic mass is 9.92. The van der Waals surface area contributed by atoms with Gasteiger partial charge in [-0.3, -0.25) is 4.79 Å². The molecule has 0 unspecified atom stereocenters. The highest BCUT2D eigenvalue weighted by Crippen LogP contribution is 2.21. The zero-order chi connectivity index (χ0) is 15.4. The summed E-state index contributed by atoms with van der Waals surface area (Å²) in [5.41, 5.74) is 3.28. The monoisotopic (exact) mass is 288 g/mol. The zero-order valence-corrected chi connectivity index (χ0v) is 13.8. The minimum absolute atomic E-state index is 0.117. The Morgan fingerprint density at radius 2 is 1.71 bits per heavy atom. The Bertz CT molecular complexity index is 468. The standard InChI is InChI=1S/C18H28N2O/c1-13-7-14(2)10-17(9-13)19-18(21)5-6-20-11-15(3)8-16(4)12-20/h7,9-10,15-16H,5-6,8,11-12H2,1-4H3,(H,19,21)/t15-,16+. The molecular formula is C18H28N2O. The number of nitrogens with one attached hydrogen (secondary N) is 1. The Morgan fingerprint density at radius 1 is 1.14 bits per heavy atom. The molecule has 1 aliphatic rings. The van der Waals surface area contributed by atoms with Crippen LogP contribution in [0.15, 0.2) is 18.2 Å². The van der Waals surface area contributed by atoms with Crippen molar-refractivity contribution in [2.45, 2.75) is 40.5 Å². The van der Waals surface area contributed by atoms with Crippen LogP contribution in [0.25, 0.3) is 0 Å².